The van der Waals surface area contributed by atoms with E-state index in [0.717, 1.165) is 5.69 Å². The predicted molar refractivity (Wildman–Crippen MR) is 137 cm³/mol. The fourth-order valence-electron chi connectivity index (χ4n) is 3.56. The van der Waals surface area contributed by atoms with E-state index in [1.54, 1.807) is 22.7 Å². The van der Waals surface area contributed by atoms with Crippen LogP contribution in [0.2, 0.25) is 5.02 Å². The highest BCUT2D eigenvalue weighted by Crippen LogP contribution is 2.33. The van der Waals surface area contributed by atoms with Gasteiger partial charge >= 0.3 is 0 Å². The molecular formula is C24H34ClN5O5S. The molecule has 1 amide bonds. The van der Waals surface area contributed by atoms with Crippen LogP contribution in [0.25, 0.3) is 5.65 Å². The Bertz CT molecular complexity index is 1300. The van der Waals surface area contributed by atoms with Crippen LogP contribution < -0.4 is 5.32 Å². The summed E-state index contributed by atoms with van der Waals surface area (Å²) in [5.41, 5.74) is 0.771. The zero-order valence-electron chi connectivity index (χ0n) is 21.5. The topological polar surface area (TPSA) is 128 Å². The van der Waals surface area contributed by atoms with E-state index in [-0.39, 0.29) is 30.3 Å². The number of ether oxygens (including phenoxy) is 2. The summed E-state index contributed by atoms with van der Waals surface area (Å²) in [7, 11) is -3.75. The van der Waals surface area contributed by atoms with Crippen molar-refractivity contribution in [3.05, 3.63) is 46.9 Å². The number of sulfone groups is 1. The summed E-state index contributed by atoms with van der Waals surface area (Å²) < 4.78 is 38.0. The number of fused-ring (bicyclic) bond motifs is 1. The molecule has 3 aromatic rings. The third kappa shape index (κ3) is 6.08. The number of H-pyrrole nitrogens is 1. The fourth-order valence-corrected chi connectivity index (χ4v) is 5.32. The van der Waals surface area contributed by atoms with Crippen LogP contribution in [-0.4, -0.2) is 65.9 Å². The smallest absolute Gasteiger partial charge is 0.238 e. The zero-order valence-corrected chi connectivity index (χ0v) is 23.0. The summed E-state index contributed by atoms with van der Waals surface area (Å²) in [6.45, 7) is 12.1. The summed E-state index contributed by atoms with van der Waals surface area (Å²) in [5.74, 6) is 0.0929. The van der Waals surface area contributed by atoms with Gasteiger partial charge in [-0.15, -0.1) is 10.2 Å². The lowest BCUT2D eigenvalue weighted by atomic mass is 9.92. The molecule has 0 fully saturated rings. The van der Waals surface area contributed by atoms with Crippen molar-refractivity contribution in [2.75, 3.05) is 26.6 Å². The first-order valence-electron chi connectivity index (χ1n) is 11.6. The van der Waals surface area contributed by atoms with Crippen LogP contribution in [0, 0.1) is 0 Å². The van der Waals surface area contributed by atoms with Gasteiger partial charge in [0.25, 0.3) is 0 Å². The molecule has 3 rings (SSSR count). The van der Waals surface area contributed by atoms with Gasteiger partial charge in [-0.3, -0.25) is 9.89 Å². The average molecular weight is 540 g/mol. The third-order valence-corrected chi connectivity index (χ3v) is 8.17. The van der Waals surface area contributed by atoms with Gasteiger partial charge < -0.3 is 14.8 Å². The molecule has 0 saturated carbocycles. The monoisotopic (exact) mass is 539 g/mol. The molecule has 0 spiro atoms. The number of nitrogens with one attached hydrogen (secondary N) is 2. The maximum absolute atomic E-state index is 12.6. The minimum absolute atomic E-state index is 0.00214. The molecule has 0 saturated heterocycles. The number of benzene rings is 1. The number of hydrogen-bond acceptors (Lipinski definition) is 7. The van der Waals surface area contributed by atoms with E-state index in [1.807, 2.05) is 13.8 Å². The molecule has 0 aliphatic rings. The van der Waals surface area contributed by atoms with Crippen molar-refractivity contribution in [1.29, 1.82) is 0 Å². The molecule has 0 aliphatic heterocycles. The Morgan fingerprint density at radius 1 is 1.14 bits per heavy atom. The van der Waals surface area contributed by atoms with Gasteiger partial charge in [-0.25, -0.2) is 12.9 Å². The first-order valence-corrected chi connectivity index (χ1v) is 13.5. The number of carbonyl (C=O) groups excluding carboxylic acids is 1. The number of halogens is 1. The van der Waals surface area contributed by atoms with Gasteiger partial charge in [0.1, 0.15) is 17.1 Å². The maximum Gasteiger partial charge on any atom is 0.238 e. The summed E-state index contributed by atoms with van der Waals surface area (Å²) in [6.07, 6.45) is 0. The van der Waals surface area contributed by atoms with Gasteiger partial charge in [-0.05, 0) is 19.1 Å². The van der Waals surface area contributed by atoms with Crippen LogP contribution in [0.5, 0.6) is 0 Å². The number of aromatic nitrogens is 4. The van der Waals surface area contributed by atoms with Gasteiger partial charge in [0.2, 0.25) is 5.91 Å². The fraction of sp³-hybridized carbons (Fsp3) is 0.542. The van der Waals surface area contributed by atoms with Gasteiger partial charge in [-0.2, -0.15) is 0 Å². The normalized spacial score (nSPS) is 13.8. The second-order valence-corrected chi connectivity index (χ2v) is 12.9. The van der Waals surface area contributed by atoms with E-state index in [1.165, 1.54) is 19.1 Å². The lowest BCUT2D eigenvalue weighted by Crippen LogP contribution is -2.39. The molecule has 2 N–H and O–H groups in total. The highest BCUT2D eigenvalue weighted by molar-refractivity contribution is 7.92. The van der Waals surface area contributed by atoms with E-state index in [9.17, 15) is 13.2 Å². The van der Waals surface area contributed by atoms with E-state index in [2.05, 4.69) is 41.4 Å². The minimum atomic E-state index is -3.75. The van der Waals surface area contributed by atoms with Crippen molar-refractivity contribution in [2.24, 2.45) is 0 Å². The number of rotatable bonds is 11. The van der Waals surface area contributed by atoms with Gasteiger partial charge in [0.05, 0.1) is 29.2 Å². The van der Waals surface area contributed by atoms with Crippen LogP contribution in [0.3, 0.4) is 0 Å². The van der Waals surface area contributed by atoms with E-state index >= 15 is 0 Å². The Labute approximate surface area is 216 Å². The number of aromatic amines is 1. The summed E-state index contributed by atoms with van der Waals surface area (Å²) in [5, 5.41) is 13.8. The summed E-state index contributed by atoms with van der Waals surface area (Å²) >= 11 is 6.51. The van der Waals surface area contributed by atoms with Crippen LogP contribution in [0.4, 0.5) is 0 Å². The second kappa shape index (κ2) is 10.9. The summed E-state index contributed by atoms with van der Waals surface area (Å²) in [6, 6.07) is 7.90. The first kappa shape index (κ1) is 28.1. The maximum atomic E-state index is 12.6. The van der Waals surface area contributed by atoms with Gasteiger partial charge in [-0.1, -0.05) is 64.4 Å². The molecule has 1 atom stereocenters. The molecule has 198 valence electrons. The molecule has 0 bridgehead atoms. The van der Waals surface area contributed by atoms with E-state index in [0.29, 0.717) is 23.1 Å². The third-order valence-electron chi connectivity index (χ3n) is 5.74. The Kier molecular flexibility index (Phi) is 8.49. The lowest BCUT2D eigenvalue weighted by molar-refractivity contribution is -0.121. The Hall–Kier alpha value is -2.47. The molecule has 0 radical (unpaired) electrons. The molecule has 1 aromatic carbocycles. The van der Waals surface area contributed by atoms with Gasteiger partial charge in [0, 0.05) is 12.0 Å². The molecule has 1 unspecified atom stereocenters. The molecule has 36 heavy (non-hydrogen) atoms. The predicted octanol–water partition coefficient (Wildman–Crippen LogP) is 3.26. The molecule has 0 aliphatic carbocycles. The summed E-state index contributed by atoms with van der Waals surface area (Å²) in [4.78, 5) is 12.4. The molecule has 2 heterocycles. The first-order chi connectivity index (χ1) is 16.8. The van der Waals surface area contributed by atoms with Crippen LogP contribution in [-0.2, 0) is 34.9 Å². The van der Waals surface area contributed by atoms with Gasteiger partial charge in [0.15, 0.2) is 21.3 Å². The quantitative estimate of drug-likeness (QED) is 0.283. The van der Waals surface area contributed by atoms with Crippen molar-refractivity contribution in [3.8, 4) is 0 Å². The Morgan fingerprint density at radius 3 is 2.44 bits per heavy atom. The van der Waals surface area contributed by atoms with Crippen molar-refractivity contribution in [1.82, 2.24) is 25.1 Å². The zero-order chi connectivity index (χ0) is 26.7. The van der Waals surface area contributed by atoms with Crippen molar-refractivity contribution >= 4 is 33.0 Å². The van der Waals surface area contributed by atoms with Crippen molar-refractivity contribution < 1.29 is 22.7 Å². The molecule has 2 aromatic heterocycles. The highest BCUT2D eigenvalue weighted by Gasteiger charge is 2.32. The minimum Gasteiger partial charge on any atom is -0.354 e. The van der Waals surface area contributed by atoms with Crippen LogP contribution in [0.15, 0.2) is 35.2 Å². The van der Waals surface area contributed by atoms with E-state index < -0.39 is 26.4 Å². The Balaban J connectivity index is 1.45. The largest absolute Gasteiger partial charge is 0.354 e. The number of nitrogens with zero attached hydrogens (tertiary/aromatic N) is 3. The Morgan fingerprint density at radius 2 is 1.81 bits per heavy atom. The second-order valence-electron chi connectivity index (χ2n) is 10.3. The lowest BCUT2D eigenvalue weighted by Gasteiger charge is -2.22. The van der Waals surface area contributed by atoms with Crippen LogP contribution in [0.1, 0.15) is 53.1 Å². The molecular weight excluding hydrogens is 506 g/mol. The number of carbonyl (C=O) groups is 1. The molecule has 10 nitrogen and oxygen atoms in total. The average Bonchev–Trinajstić information content (AvgIpc) is 3.39. The van der Waals surface area contributed by atoms with Crippen LogP contribution >= 0.6 is 11.6 Å². The van der Waals surface area contributed by atoms with Crippen molar-refractivity contribution in [3.63, 3.8) is 0 Å². The molecule has 12 heteroatoms. The number of amides is 1. The number of hydrogen-bond donors (Lipinski definition) is 2. The highest BCUT2D eigenvalue weighted by atomic mass is 35.5. The SMILES string of the molecule is CC(C(=O)NCCOCOCC(C)(C)c1nnc2c(Cl)c(C(C)(C)C)[nH]n12)S(=O)(=O)c1ccccc1. The van der Waals surface area contributed by atoms with E-state index in [4.69, 9.17) is 21.1 Å². The standard InChI is InChI=1S/C24H34ClN5O5S/c1-16(36(32,33)17-10-8-7-9-11-17)21(31)26-12-13-34-15-35-14-24(5,6)22-28-27-20-18(25)19(23(2,3)4)29-30(20)22/h7-11,16,29H,12-15H2,1-6H3,(H,26,31). The van der Waals surface area contributed by atoms with Crippen molar-refractivity contribution in [2.45, 2.75) is 62.5 Å².